The molecule has 1 unspecified atom stereocenters. The van der Waals surface area contributed by atoms with E-state index in [9.17, 15) is 13.2 Å². The molecule has 144 valence electrons. The molecule has 0 aliphatic carbocycles. The molecule has 0 spiro atoms. The maximum atomic E-state index is 12.3. The van der Waals surface area contributed by atoms with Gasteiger partial charge in [-0.1, -0.05) is 60.7 Å². The van der Waals surface area contributed by atoms with E-state index in [-0.39, 0.29) is 10.8 Å². The zero-order valence-corrected chi connectivity index (χ0v) is 16.3. The number of rotatable bonds is 6. The van der Waals surface area contributed by atoms with E-state index in [0.29, 0.717) is 17.7 Å². The zero-order chi connectivity index (χ0) is 20.1. The van der Waals surface area contributed by atoms with Crippen LogP contribution in [0.5, 0.6) is 0 Å². The molecule has 0 heterocycles. The topological polar surface area (TPSA) is 89.3 Å². The maximum Gasteiger partial charge on any atom is 0.241 e. The Kier molecular flexibility index (Phi) is 5.92. The van der Waals surface area contributed by atoms with Crippen molar-refractivity contribution in [3.8, 4) is 11.1 Å². The van der Waals surface area contributed by atoms with Gasteiger partial charge >= 0.3 is 0 Å². The van der Waals surface area contributed by atoms with Crippen LogP contribution >= 0.6 is 0 Å². The molecular formula is C22H22N2O3S. The molecule has 0 saturated heterocycles. The molecule has 3 aromatic carbocycles. The van der Waals surface area contributed by atoms with Crippen LogP contribution in [-0.2, 0) is 21.1 Å². The summed E-state index contributed by atoms with van der Waals surface area (Å²) in [7, 11) is -3.34. The molecule has 3 rings (SSSR count). The van der Waals surface area contributed by atoms with Gasteiger partial charge in [0.2, 0.25) is 5.91 Å². The van der Waals surface area contributed by atoms with Crippen LogP contribution in [-0.4, -0.2) is 26.6 Å². The first kappa shape index (κ1) is 19.8. The van der Waals surface area contributed by atoms with Crippen LogP contribution in [0.1, 0.15) is 5.56 Å². The van der Waals surface area contributed by atoms with E-state index in [2.05, 4.69) is 5.32 Å². The predicted molar refractivity (Wildman–Crippen MR) is 112 cm³/mol. The lowest BCUT2D eigenvalue weighted by atomic mass is 10.0. The Hall–Kier alpha value is -2.96. The summed E-state index contributed by atoms with van der Waals surface area (Å²) in [6.07, 6.45) is 1.64. The van der Waals surface area contributed by atoms with Crippen molar-refractivity contribution in [3.05, 3.63) is 84.4 Å². The standard InChI is InChI=1S/C22H22N2O3S/c1-28(26,27)21-10-6-5-9-19(21)17-11-13-18(14-12-17)24-22(25)20(23)15-16-7-3-2-4-8-16/h2-14,20H,15,23H2,1H3,(H,24,25). The molecule has 0 aliphatic heterocycles. The molecule has 0 fully saturated rings. The molecular weight excluding hydrogens is 372 g/mol. The average Bonchev–Trinajstić information content (AvgIpc) is 2.68. The average molecular weight is 394 g/mol. The van der Waals surface area contributed by atoms with Gasteiger partial charge in [0.05, 0.1) is 10.9 Å². The third-order valence-electron chi connectivity index (χ3n) is 4.39. The Bertz CT molecular complexity index is 1060. The number of hydrogen-bond donors (Lipinski definition) is 2. The lowest BCUT2D eigenvalue weighted by molar-refractivity contribution is -0.117. The highest BCUT2D eigenvalue weighted by atomic mass is 32.2. The van der Waals surface area contributed by atoms with Gasteiger partial charge in [0.1, 0.15) is 0 Å². The van der Waals surface area contributed by atoms with Crippen LogP contribution in [0, 0.1) is 0 Å². The molecule has 0 aliphatic rings. The Morgan fingerprint density at radius 1 is 0.929 bits per heavy atom. The fourth-order valence-corrected chi connectivity index (χ4v) is 3.87. The van der Waals surface area contributed by atoms with Crippen LogP contribution in [0.3, 0.4) is 0 Å². The Labute approximate surface area is 165 Å². The van der Waals surface area contributed by atoms with Gasteiger partial charge in [-0.25, -0.2) is 8.42 Å². The third-order valence-corrected chi connectivity index (χ3v) is 5.54. The molecule has 1 amide bonds. The molecule has 28 heavy (non-hydrogen) atoms. The van der Waals surface area contributed by atoms with Crippen molar-refractivity contribution < 1.29 is 13.2 Å². The van der Waals surface area contributed by atoms with Crippen molar-refractivity contribution in [1.29, 1.82) is 0 Å². The van der Waals surface area contributed by atoms with E-state index in [4.69, 9.17) is 5.73 Å². The second-order valence-electron chi connectivity index (χ2n) is 6.63. The van der Waals surface area contributed by atoms with Crippen LogP contribution in [0.25, 0.3) is 11.1 Å². The van der Waals surface area contributed by atoms with Gasteiger partial charge < -0.3 is 11.1 Å². The summed E-state index contributed by atoms with van der Waals surface area (Å²) in [5.74, 6) is -0.270. The number of sulfone groups is 1. The van der Waals surface area contributed by atoms with Gasteiger partial charge in [0.25, 0.3) is 0 Å². The molecule has 0 radical (unpaired) electrons. The predicted octanol–water partition coefficient (Wildman–Crippen LogP) is 3.27. The number of carbonyl (C=O) groups is 1. The van der Waals surface area contributed by atoms with Crippen LogP contribution in [0.15, 0.2) is 83.8 Å². The number of anilines is 1. The van der Waals surface area contributed by atoms with Crippen molar-refractivity contribution >= 4 is 21.4 Å². The smallest absolute Gasteiger partial charge is 0.241 e. The molecule has 0 bridgehead atoms. The number of carbonyl (C=O) groups excluding carboxylic acids is 1. The summed E-state index contributed by atoms with van der Waals surface area (Å²) < 4.78 is 24.0. The second-order valence-corrected chi connectivity index (χ2v) is 8.62. The highest BCUT2D eigenvalue weighted by Gasteiger charge is 2.16. The first-order valence-corrected chi connectivity index (χ1v) is 10.7. The fraction of sp³-hybridized carbons (Fsp3) is 0.136. The minimum atomic E-state index is -3.34. The van der Waals surface area contributed by atoms with Crippen molar-refractivity contribution in [2.45, 2.75) is 17.4 Å². The molecule has 0 aromatic heterocycles. The summed E-state index contributed by atoms with van der Waals surface area (Å²) in [6, 6.07) is 22.8. The van der Waals surface area contributed by atoms with E-state index in [1.807, 2.05) is 30.3 Å². The van der Waals surface area contributed by atoms with E-state index >= 15 is 0 Å². The van der Waals surface area contributed by atoms with Gasteiger partial charge in [-0.2, -0.15) is 0 Å². The van der Waals surface area contributed by atoms with Crippen molar-refractivity contribution in [2.24, 2.45) is 5.73 Å². The summed E-state index contributed by atoms with van der Waals surface area (Å²) in [6.45, 7) is 0. The van der Waals surface area contributed by atoms with Gasteiger partial charge in [-0.3, -0.25) is 4.79 Å². The molecule has 0 saturated carbocycles. The molecule has 6 heteroatoms. The van der Waals surface area contributed by atoms with Gasteiger partial charge in [0.15, 0.2) is 9.84 Å². The Balaban J connectivity index is 1.72. The van der Waals surface area contributed by atoms with Gasteiger partial charge in [0, 0.05) is 17.5 Å². The van der Waals surface area contributed by atoms with Crippen LogP contribution in [0.2, 0.25) is 0 Å². The summed E-state index contributed by atoms with van der Waals surface area (Å²) in [5.41, 5.74) is 9.00. The first-order chi connectivity index (χ1) is 13.3. The number of benzene rings is 3. The zero-order valence-electron chi connectivity index (χ0n) is 15.5. The minimum absolute atomic E-state index is 0.270. The summed E-state index contributed by atoms with van der Waals surface area (Å²) >= 11 is 0. The van der Waals surface area contributed by atoms with Gasteiger partial charge in [-0.15, -0.1) is 0 Å². The van der Waals surface area contributed by atoms with Crippen LogP contribution in [0.4, 0.5) is 5.69 Å². The Morgan fingerprint density at radius 3 is 2.18 bits per heavy atom. The van der Waals surface area contributed by atoms with Crippen molar-refractivity contribution in [3.63, 3.8) is 0 Å². The first-order valence-electron chi connectivity index (χ1n) is 8.84. The van der Waals surface area contributed by atoms with Crippen molar-refractivity contribution in [1.82, 2.24) is 0 Å². The minimum Gasteiger partial charge on any atom is -0.325 e. The molecule has 3 aromatic rings. The number of nitrogens with two attached hydrogens (primary N) is 1. The normalized spacial score (nSPS) is 12.4. The lowest BCUT2D eigenvalue weighted by Gasteiger charge is -2.13. The van der Waals surface area contributed by atoms with E-state index in [1.165, 1.54) is 6.26 Å². The highest BCUT2D eigenvalue weighted by molar-refractivity contribution is 7.90. The quantitative estimate of drug-likeness (QED) is 0.671. The number of amides is 1. The maximum absolute atomic E-state index is 12.3. The lowest BCUT2D eigenvalue weighted by Crippen LogP contribution is -2.37. The van der Waals surface area contributed by atoms with E-state index < -0.39 is 15.9 Å². The largest absolute Gasteiger partial charge is 0.325 e. The van der Waals surface area contributed by atoms with Gasteiger partial charge in [-0.05, 0) is 35.7 Å². The number of hydrogen-bond acceptors (Lipinski definition) is 4. The number of nitrogens with one attached hydrogen (secondary N) is 1. The monoisotopic (exact) mass is 394 g/mol. The van der Waals surface area contributed by atoms with Crippen LogP contribution < -0.4 is 11.1 Å². The molecule has 3 N–H and O–H groups in total. The Morgan fingerprint density at radius 2 is 1.54 bits per heavy atom. The van der Waals surface area contributed by atoms with Crippen molar-refractivity contribution in [2.75, 3.05) is 11.6 Å². The second kappa shape index (κ2) is 8.37. The van der Waals surface area contributed by atoms with E-state index in [1.54, 1.807) is 48.5 Å². The summed E-state index contributed by atoms with van der Waals surface area (Å²) in [5, 5.41) is 2.80. The third kappa shape index (κ3) is 4.85. The SMILES string of the molecule is CS(=O)(=O)c1ccccc1-c1ccc(NC(=O)C(N)Cc2ccccc2)cc1. The summed E-state index contributed by atoms with van der Waals surface area (Å²) in [4.78, 5) is 12.6. The molecule has 1 atom stereocenters. The molecule has 5 nitrogen and oxygen atoms in total. The van der Waals surface area contributed by atoms with E-state index in [0.717, 1.165) is 11.1 Å². The fourth-order valence-electron chi connectivity index (χ4n) is 2.96. The highest BCUT2D eigenvalue weighted by Crippen LogP contribution is 2.28.